The van der Waals surface area contributed by atoms with Gasteiger partial charge in [-0.05, 0) is 31.0 Å². The summed E-state index contributed by atoms with van der Waals surface area (Å²) < 4.78 is 10.8. The van der Waals surface area contributed by atoms with E-state index in [0.717, 1.165) is 17.7 Å². The summed E-state index contributed by atoms with van der Waals surface area (Å²) in [6.07, 6.45) is 0.828. The van der Waals surface area contributed by atoms with E-state index in [9.17, 15) is 5.26 Å². The van der Waals surface area contributed by atoms with E-state index in [1.807, 2.05) is 52.4 Å². The number of benzene rings is 1. The molecule has 0 aliphatic carbocycles. The van der Waals surface area contributed by atoms with E-state index in [0.29, 0.717) is 0 Å². The van der Waals surface area contributed by atoms with Crippen molar-refractivity contribution >= 4 is 30.4 Å². The SMILES string of the molecule is CCC(c1cccc(OC)c1)C(C)(C#N)OSI. The Morgan fingerprint density at radius 1 is 1.56 bits per heavy atom. The van der Waals surface area contributed by atoms with Crippen molar-refractivity contribution in [2.24, 2.45) is 0 Å². The van der Waals surface area contributed by atoms with Gasteiger partial charge in [-0.2, -0.15) is 5.26 Å². The summed E-state index contributed by atoms with van der Waals surface area (Å²) in [5.41, 5.74) is 0.221. The van der Waals surface area contributed by atoms with Gasteiger partial charge in [0.25, 0.3) is 0 Å². The number of hydrogen-bond acceptors (Lipinski definition) is 4. The molecule has 3 nitrogen and oxygen atoms in total. The lowest BCUT2D eigenvalue weighted by atomic mass is 9.82. The first-order chi connectivity index (χ1) is 8.61. The molecule has 0 fully saturated rings. The number of methoxy groups -OCH3 is 1. The van der Waals surface area contributed by atoms with Crippen LogP contribution in [-0.4, -0.2) is 12.7 Å². The van der Waals surface area contributed by atoms with Gasteiger partial charge in [0.05, 0.1) is 22.4 Å². The Morgan fingerprint density at radius 3 is 2.78 bits per heavy atom. The second-order valence-electron chi connectivity index (χ2n) is 4.10. The highest BCUT2D eigenvalue weighted by Crippen LogP contribution is 2.38. The zero-order valence-corrected chi connectivity index (χ0v) is 13.6. The maximum Gasteiger partial charge on any atom is 0.173 e. The predicted molar refractivity (Wildman–Crippen MR) is 82.7 cm³/mol. The summed E-state index contributed by atoms with van der Waals surface area (Å²) in [5.74, 6) is 0.813. The highest BCUT2D eigenvalue weighted by molar-refractivity contribution is 14.2. The zero-order chi connectivity index (χ0) is 13.6. The van der Waals surface area contributed by atoms with Crippen molar-refractivity contribution in [3.05, 3.63) is 29.8 Å². The fourth-order valence-corrected chi connectivity index (χ4v) is 3.43. The molecule has 0 aliphatic rings. The van der Waals surface area contributed by atoms with Crippen LogP contribution >= 0.6 is 30.4 Å². The Balaban J connectivity index is 3.12. The number of hydrogen-bond donors (Lipinski definition) is 0. The molecule has 0 saturated heterocycles. The molecule has 1 aromatic rings. The van der Waals surface area contributed by atoms with Gasteiger partial charge in [0.2, 0.25) is 0 Å². The maximum absolute atomic E-state index is 9.38. The van der Waals surface area contributed by atoms with E-state index in [4.69, 9.17) is 8.92 Å². The highest BCUT2D eigenvalue weighted by atomic mass is 127. The lowest BCUT2D eigenvalue weighted by Crippen LogP contribution is -2.32. The van der Waals surface area contributed by atoms with Crippen molar-refractivity contribution in [1.29, 1.82) is 5.26 Å². The molecule has 0 amide bonds. The molecule has 0 saturated carbocycles. The van der Waals surface area contributed by atoms with Crippen molar-refractivity contribution in [3.63, 3.8) is 0 Å². The number of nitrogens with zero attached hydrogens (tertiary/aromatic N) is 1. The summed E-state index contributed by atoms with van der Waals surface area (Å²) in [6.45, 7) is 3.88. The van der Waals surface area contributed by atoms with Gasteiger partial charge in [0, 0.05) is 27.1 Å². The minimum atomic E-state index is -0.840. The normalized spacial score (nSPS) is 15.5. The molecule has 0 bridgehead atoms. The van der Waals surface area contributed by atoms with Crippen LogP contribution in [0.2, 0.25) is 0 Å². The Bertz CT molecular complexity index is 435. The molecule has 18 heavy (non-hydrogen) atoms. The molecule has 5 heteroatoms. The standard InChI is InChI=1S/C13H16INO2S/c1-4-12(13(2,9-15)17-18-14)10-6-5-7-11(8-10)16-3/h5-8,12H,4H2,1-3H3. The lowest BCUT2D eigenvalue weighted by molar-refractivity contribution is 0.146. The van der Waals surface area contributed by atoms with E-state index >= 15 is 0 Å². The molecule has 1 aromatic carbocycles. The predicted octanol–water partition coefficient (Wildman–Crippen LogP) is 4.49. The Hall–Kier alpha value is -0.450. The van der Waals surface area contributed by atoms with Crippen molar-refractivity contribution in [3.8, 4) is 11.8 Å². The van der Waals surface area contributed by atoms with E-state index in [1.54, 1.807) is 7.11 Å². The highest BCUT2D eigenvalue weighted by Gasteiger charge is 2.36. The third kappa shape index (κ3) is 3.53. The first-order valence-corrected chi connectivity index (χ1v) is 8.91. The van der Waals surface area contributed by atoms with E-state index in [-0.39, 0.29) is 5.92 Å². The number of ether oxygens (including phenoxy) is 1. The summed E-state index contributed by atoms with van der Waals surface area (Å²) in [7, 11) is 2.84. The first kappa shape index (κ1) is 15.6. The number of halogens is 1. The van der Waals surface area contributed by atoms with Crippen LogP contribution in [0.3, 0.4) is 0 Å². The molecular weight excluding hydrogens is 361 g/mol. The summed E-state index contributed by atoms with van der Waals surface area (Å²) in [5, 5.41) is 9.38. The maximum atomic E-state index is 9.38. The van der Waals surface area contributed by atoms with E-state index in [2.05, 4.69) is 13.0 Å². The van der Waals surface area contributed by atoms with Crippen molar-refractivity contribution < 1.29 is 8.92 Å². The quantitative estimate of drug-likeness (QED) is 0.541. The molecule has 0 radical (unpaired) electrons. The van der Waals surface area contributed by atoms with Gasteiger partial charge in [-0.3, -0.25) is 4.18 Å². The molecule has 0 spiro atoms. The molecule has 2 unspecified atom stereocenters. The summed E-state index contributed by atoms with van der Waals surface area (Å²) in [6, 6.07) is 10.1. The van der Waals surface area contributed by atoms with Crippen molar-refractivity contribution in [1.82, 2.24) is 0 Å². The molecule has 0 N–H and O–H groups in total. The second-order valence-corrected chi connectivity index (χ2v) is 5.47. The van der Waals surface area contributed by atoms with Crippen LogP contribution in [0.4, 0.5) is 0 Å². The molecule has 2 atom stereocenters. The van der Waals surface area contributed by atoms with Crippen LogP contribution in [0.5, 0.6) is 5.75 Å². The van der Waals surface area contributed by atoms with Gasteiger partial charge in [-0.15, -0.1) is 0 Å². The van der Waals surface area contributed by atoms with Gasteiger partial charge in [-0.1, -0.05) is 19.1 Å². The van der Waals surface area contributed by atoms with Crippen LogP contribution in [-0.2, 0) is 4.18 Å². The van der Waals surface area contributed by atoms with Crippen LogP contribution in [0, 0.1) is 11.3 Å². The summed E-state index contributed by atoms with van der Waals surface area (Å²) >= 11 is 2.04. The van der Waals surface area contributed by atoms with Gasteiger partial charge in [-0.25, -0.2) is 0 Å². The topological polar surface area (TPSA) is 42.2 Å². The van der Waals surface area contributed by atoms with Gasteiger partial charge in [0.15, 0.2) is 5.60 Å². The van der Waals surface area contributed by atoms with E-state index in [1.165, 1.54) is 9.21 Å². The Labute approximate surface area is 125 Å². The zero-order valence-electron chi connectivity index (χ0n) is 10.6. The molecule has 1 rings (SSSR count). The third-order valence-corrected chi connectivity index (χ3v) is 3.94. The molecule has 98 valence electrons. The van der Waals surface area contributed by atoms with Crippen LogP contribution in [0.25, 0.3) is 0 Å². The number of nitriles is 1. The number of rotatable bonds is 6. The monoisotopic (exact) mass is 377 g/mol. The van der Waals surface area contributed by atoms with Gasteiger partial charge >= 0.3 is 0 Å². The average Bonchev–Trinajstić information content (AvgIpc) is 2.40. The van der Waals surface area contributed by atoms with Crippen LogP contribution in [0.1, 0.15) is 31.7 Å². The minimum Gasteiger partial charge on any atom is -0.497 e. The van der Waals surface area contributed by atoms with Gasteiger partial charge in [0.1, 0.15) is 5.75 Å². The largest absolute Gasteiger partial charge is 0.497 e. The smallest absolute Gasteiger partial charge is 0.173 e. The minimum absolute atomic E-state index is 0.0138. The van der Waals surface area contributed by atoms with Crippen LogP contribution < -0.4 is 4.74 Å². The van der Waals surface area contributed by atoms with E-state index < -0.39 is 5.60 Å². The third-order valence-electron chi connectivity index (χ3n) is 3.00. The first-order valence-electron chi connectivity index (χ1n) is 5.63. The summed E-state index contributed by atoms with van der Waals surface area (Å²) in [4.78, 5) is 0. The molecule has 0 aliphatic heterocycles. The van der Waals surface area contributed by atoms with Crippen LogP contribution in [0.15, 0.2) is 24.3 Å². The molecular formula is C13H16INO2S. The van der Waals surface area contributed by atoms with Crippen molar-refractivity contribution in [2.75, 3.05) is 7.11 Å². The van der Waals surface area contributed by atoms with Gasteiger partial charge < -0.3 is 4.74 Å². The second kappa shape index (κ2) is 7.22. The fraction of sp³-hybridized carbons (Fsp3) is 0.462. The fourth-order valence-electron chi connectivity index (χ4n) is 2.02. The van der Waals surface area contributed by atoms with Crippen molar-refractivity contribution in [2.45, 2.75) is 31.8 Å². The average molecular weight is 377 g/mol. The Morgan fingerprint density at radius 2 is 2.28 bits per heavy atom. The molecule has 0 aromatic heterocycles. The lowest BCUT2D eigenvalue weighted by Gasteiger charge is -2.29. The molecule has 0 heterocycles. The Kier molecular flexibility index (Phi) is 6.26.